The lowest BCUT2D eigenvalue weighted by Crippen LogP contribution is -2.28. The minimum atomic E-state index is -0.694. The number of anilines is 1. The molecule has 0 saturated heterocycles. The zero-order chi connectivity index (χ0) is 24.7. The highest BCUT2D eigenvalue weighted by atomic mass is 35.5. The Morgan fingerprint density at radius 2 is 1.91 bits per heavy atom. The number of nitrogens with one attached hydrogen (secondary N) is 2. The molecule has 1 heterocycles. The summed E-state index contributed by atoms with van der Waals surface area (Å²) >= 11 is 6.35. The Morgan fingerprint density at radius 3 is 2.62 bits per heavy atom. The first-order valence-electron chi connectivity index (χ1n) is 10.3. The van der Waals surface area contributed by atoms with Gasteiger partial charge in [-0.05, 0) is 29.3 Å². The van der Waals surface area contributed by atoms with Crippen LogP contribution in [0.2, 0.25) is 5.02 Å². The minimum absolute atomic E-state index is 0.247. The van der Waals surface area contributed by atoms with Crippen LogP contribution in [0.3, 0.4) is 0 Å². The van der Waals surface area contributed by atoms with Crippen LogP contribution in [0.15, 0.2) is 61.3 Å². The Morgan fingerprint density at radius 1 is 1.15 bits per heavy atom. The van der Waals surface area contributed by atoms with Gasteiger partial charge in [-0.15, -0.1) is 0 Å². The molecule has 0 aliphatic carbocycles. The molecule has 0 aliphatic heterocycles. The van der Waals surface area contributed by atoms with Crippen LogP contribution in [0.4, 0.5) is 5.69 Å². The van der Waals surface area contributed by atoms with Crippen molar-refractivity contribution in [1.29, 1.82) is 0 Å². The average molecular weight is 479 g/mol. The summed E-state index contributed by atoms with van der Waals surface area (Å²) in [6, 6.07) is 12.2. The lowest BCUT2D eigenvalue weighted by Gasteiger charge is -2.12. The number of likely N-dealkylation sites (N-methyl/N-ethyl adjacent to an activating group) is 1. The van der Waals surface area contributed by atoms with Crippen LogP contribution in [0, 0.1) is 0 Å². The minimum Gasteiger partial charge on any atom is -0.495 e. The number of aromatic nitrogens is 2. The summed E-state index contributed by atoms with van der Waals surface area (Å²) < 4.78 is 5.30. The number of ether oxygens (including phenoxy) is 1. The number of hydrogen-bond acceptors (Lipinski definition) is 6. The van der Waals surface area contributed by atoms with Crippen LogP contribution >= 0.6 is 11.6 Å². The highest BCUT2D eigenvalue weighted by Gasteiger charge is 2.19. The molecule has 3 rings (SSSR count). The summed E-state index contributed by atoms with van der Waals surface area (Å²) in [7, 11) is 2.92. The number of carbonyl (C=O) groups is 3. The number of ketones is 1. The molecule has 2 amide bonds. The summed E-state index contributed by atoms with van der Waals surface area (Å²) in [4.78, 5) is 44.9. The van der Waals surface area contributed by atoms with Crippen LogP contribution in [0.1, 0.15) is 33.0 Å². The van der Waals surface area contributed by atoms with Crippen LogP contribution in [0.25, 0.3) is 0 Å². The van der Waals surface area contributed by atoms with E-state index in [4.69, 9.17) is 16.3 Å². The molecular weight excluding hydrogens is 456 g/mol. The van der Waals surface area contributed by atoms with E-state index in [1.807, 2.05) is 6.07 Å². The number of carbonyl (C=O) groups excluding carboxylic acids is 3. The molecule has 34 heavy (non-hydrogen) atoms. The van der Waals surface area contributed by atoms with Gasteiger partial charge in [0.2, 0.25) is 11.7 Å². The highest BCUT2D eigenvalue weighted by molar-refractivity contribution is 6.43. The zero-order valence-corrected chi connectivity index (χ0v) is 19.5. The molecule has 0 aliphatic rings. The summed E-state index contributed by atoms with van der Waals surface area (Å²) in [6.45, 7) is 3.46. The van der Waals surface area contributed by atoms with E-state index in [9.17, 15) is 14.4 Å². The van der Waals surface area contributed by atoms with Crippen molar-refractivity contribution < 1.29 is 19.1 Å². The van der Waals surface area contributed by atoms with E-state index < -0.39 is 11.7 Å². The fourth-order valence-corrected chi connectivity index (χ4v) is 3.45. The predicted octanol–water partition coefficient (Wildman–Crippen LogP) is 3.37. The van der Waals surface area contributed by atoms with Crippen molar-refractivity contribution in [3.63, 3.8) is 0 Å². The van der Waals surface area contributed by atoms with Crippen molar-refractivity contribution in [2.75, 3.05) is 19.5 Å². The molecule has 0 radical (unpaired) electrons. The van der Waals surface area contributed by atoms with Crippen molar-refractivity contribution in [3.8, 4) is 5.75 Å². The summed E-state index contributed by atoms with van der Waals surface area (Å²) in [6.07, 6.45) is 3.29. The summed E-state index contributed by atoms with van der Waals surface area (Å²) in [5.74, 6) is -0.670. The maximum atomic E-state index is 12.4. The molecule has 0 spiro atoms. The number of Topliss-reactive ketones (excluding diaryl/α,β-unsaturated/α-hetero) is 1. The number of hydrogen-bond donors (Lipinski definition) is 2. The summed E-state index contributed by atoms with van der Waals surface area (Å²) in [5, 5.41) is 5.41. The second-order valence-corrected chi connectivity index (χ2v) is 7.64. The topological polar surface area (TPSA) is 110 Å². The molecule has 2 aromatic carbocycles. The van der Waals surface area contributed by atoms with E-state index in [1.165, 1.54) is 26.4 Å². The fourth-order valence-electron chi connectivity index (χ4n) is 3.29. The zero-order valence-electron chi connectivity index (χ0n) is 18.7. The molecule has 1 aromatic heterocycles. The van der Waals surface area contributed by atoms with Crippen molar-refractivity contribution in [2.45, 2.75) is 12.8 Å². The van der Waals surface area contributed by atoms with E-state index in [1.54, 1.807) is 36.4 Å². The number of halogens is 1. The first kappa shape index (κ1) is 24.6. The molecule has 174 valence electrons. The quantitative estimate of drug-likeness (QED) is 0.277. The molecule has 0 bridgehead atoms. The SMILES string of the molecule is C=CC(=O)Nc1cc(Cc2ncc(Cl)c(Cc3ccccc3C(=O)C(=O)NC)n2)ccc1OC. The third-order valence-corrected chi connectivity index (χ3v) is 5.30. The Balaban J connectivity index is 1.88. The lowest BCUT2D eigenvalue weighted by atomic mass is 9.99. The summed E-state index contributed by atoms with van der Waals surface area (Å²) in [5.41, 5.74) is 2.78. The van der Waals surface area contributed by atoms with Crippen molar-refractivity contribution in [1.82, 2.24) is 15.3 Å². The largest absolute Gasteiger partial charge is 0.495 e. The first-order chi connectivity index (χ1) is 16.4. The predicted molar refractivity (Wildman–Crippen MR) is 129 cm³/mol. The second-order valence-electron chi connectivity index (χ2n) is 7.23. The smallest absolute Gasteiger partial charge is 0.292 e. The van der Waals surface area contributed by atoms with Gasteiger partial charge < -0.3 is 15.4 Å². The number of rotatable bonds is 9. The first-order valence-corrected chi connectivity index (χ1v) is 10.7. The van der Waals surface area contributed by atoms with Crippen LogP contribution in [0.5, 0.6) is 5.75 Å². The van der Waals surface area contributed by atoms with Crippen molar-refractivity contribution in [2.24, 2.45) is 0 Å². The number of methoxy groups -OCH3 is 1. The van der Waals surface area contributed by atoms with Gasteiger partial charge in [0.25, 0.3) is 5.91 Å². The van der Waals surface area contributed by atoms with Crippen molar-refractivity contribution >= 4 is 34.9 Å². The van der Waals surface area contributed by atoms with Gasteiger partial charge in [-0.2, -0.15) is 0 Å². The molecular formula is C25H23ClN4O4. The van der Waals surface area contributed by atoms with Crippen LogP contribution in [-0.4, -0.2) is 41.7 Å². The Hall–Kier alpha value is -4.04. The number of nitrogens with zero attached hydrogens (tertiary/aromatic N) is 2. The van der Waals surface area contributed by atoms with Crippen LogP contribution < -0.4 is 15.4 Å². The molecule has 0 saturated carbocycles. The molecule has 0 fully saturated rings. The third-order valence-electron chi connectivity index (χ3n) is 4.99. The number of amides is 2. The Bertz CT molecular complexity index is 1260. The Labute approximate surface area is 202 Å². The van der Waals surface area contributed by atoms with Crippen molar-refractivity contribution in [3.05, 3.63) is 94.5 Å². The highest BCUT2D eigenvalue weighted by Crippen LogP contribution is 2.27. The van der Waals surface area contributed by atoms with Gasteiger partial charge >= 0.3 is 0 Å². The molecule has 9 heteroatoms. The van der Waals surface area contributed by atoms with Crippen LogP contribution in [-0.2, 0) is 22.4 Å². The van der Waals surface area contributed by atoms with Gasteiger partial charge in [0.15, 0.2) is 0 Å². The lowest BCUT2D eigenvalue weighted by molar-refractivity contribution is -0.116. The van der Waals surface area contributed by atoms with Gasteiger partial charge in [0.05, 0.1) is 23.5 Å². The van der Waals surface area contributed by atoms with E-state index >= 15 is 0 Å². The molecule has 2 N–H and O–H groups in total. The third kappa shape index (κ3) is 5.85. The van der Waals surface area contributed by atoms with E-state index in [0.29, 0.717) is 40.0 Å². The maximum absolute atomic E-state index is 12.4. The fraction of sp³-hybridized carbons (Fsp3) is 0.160. The van der Waals surface area contributed by atoms with Gasteiger partial charge in [-0.1, -0.05) is 48.5 Å². The van der Waals surface area contributed by atoms with Gasteiger partial charge in [-0.25, -0.2) is 9.97 Å². The van der Waals surface area contributed by atoms with Gasteiger partial charge in [-0.3, -0.25) is 14.4 Å². The normalized spacial score (nSPS) is 10.3. The monoisotopic (exact) mass is 478 g/mol. The molecule has 0 atom stereocenters. The second kappa shape index (κ2) is 11.2. The van der Waals surface area contributed by atoms with E-state index in [-0.39, 0.29) is 17.9 Å². The molecule has 0 unspecified atom stereocenters. The molecule has 8 nitrogen and oxygen atoms in total. The average Bonchev–Trinajstić information content (AvgIpc) is 2.85. The molecule has 3 aromatic rings. The van der Waals surface area contributed by atoms with E-state index in [0.717, 1.165) is 5.56 Å². The van der Waals surface area contributed by atoms with E-state index in [2.05, 4.69) is 27.2 Å². The number of benzene rings is 2. The van der Waals surface area contributed by atoms with Gasteiger partial charge in [0, 0.05) is 31.6 Å². The Kier molecular flexibility index (Phi) is 8.10. The maximum Gasteiger partial charge on any atom is 0.292 e. The van der Waals surface area contributed by atoms with Gasteiger partial charge in [0.1, 0.15) is 11.6 Å². The standard InChI is InChI=1S/C25H23ClN4O4/c1-4-23(31)30-20-11-15(9-10-21(20)34-3)12-22-28-14-18(26)19(29-22)13-16-7-5-6-8-17(16)24(32)25(33)27-2/h4-11,14H,1,12-13H2,2-3H3,(H,27,33)(H,30,31).